The molecule has 0 heterocycles. The summed E-state index contributed by atoms with van der Waals surface area (Å²) in [5.41, 5.74) is 3.25. The van der Waals surface area contributed by atoms with Crippen LogP contribution in [0, 0.1) is 0 Å². The molecule has 0 aliphatic carbocycles. The van der Waals surface area contributed by atoms with Crippen LogP contribution in [0.25, 0.3) is 0 Å². The molecule has 0 saturated carbocycles. The highest BCUT2D eigenvalue weighted by molar-refractivity contribution is 9.11. The van der Waals surface area contributed by atoms with Gasteiger partial charge >= 0.3 is 0 Å². The number of phenols is 1. The van der Waals surface area contributed by atoms with Gasteiger partial charge in [-0.1, -0.05) is 43.5 Å². The average molecular weight is 432 g/mol. The van der Waals surface area contributed by atoms with Crippen molar-refractivity contribution in [3.8, 4) is 5.75 Å². The first-order valence-corrected chi connectivity index (χ1v) is 7.70. The maximum atomic E-state index is 11.9. The standard InChI is InChI=1S/C14H9Br2ClN2O2/c15-10-3-8(4-11(16)6-10)14(21)19-18-7-9-5-12(17)1-2-13(9)20/h1-7,20H,(H,19,21). The summed E-state index contributed by atoms with van der Waals surface area (Å²) < 4.78 is 1.55. The Kier molecular flexibility index (Phi) is 5.39. The normalized spacial score (nSPS) is 10.8. The molecule has 0 saturated heterocycles. The van der Waals surface area contributed by atoms with E-state index < -0.39 is 0 Å². The summed E-state index contributed by atoms with van der Waals surface area (Å²) in [6.07, 6.45) is 1.33. The second-order valence-corrected chi connectivity index (χ2v) is 6.33. The highest BCUT2D eigenvalue weighted by Gasteiger charge is 2.06. The lowest BCUT2D eigenvalue weighted by atomic mass is 10.2. The first kappa shape index (κ1) is 16.0. The van der Waals surface area contributed by atoms with Crippen molar-refractivity contribution in [2.24, 2.45) is 5.10 Å². The van der Waals surface area contributed by atoms with Crippen LogP contribution in [0.5, 0.6) is 5.75 Å². The van der Waals surface area contributed by atoms with Crippen LogP contribution in [0.2, 0.25) is 5.02 Å². The van der Waals surface area contributed by atoms with E-state index in [1.807, 2.05) is 6.07 Å². The fraction of sp³-hybridized carbons (Fsp3) is 0. The van der Waals surface area contributed by atoms with Crippen molar-refractivity contribution >= 4 is 55.6 Å². The molecule has 7 heteroatoms. The quantitative estimate of drug-likeness (QED) is 0.560. The average Bonchev–Trinajstić information content (AvgIpc) is 2.41. The number of benzene rings is 2. The number of nitrogens with one attached hydrogen (secondary N) is 1. The van der Waals surface area contributed by atoms with Crippen molar-refractivity contribution in [1.82, 2.24) is 5.43 Å². The minimum absolute atomic E-state index is 0.0302. The van der Waals surface area contributed by atoms with Gasteiger partial charge in [0.25, 0.3) is 5.91 Å². The first-order valence-electron chi connectivity index (χ1n) is 5.74. The largest absolute Gasteiger partial charge is 0.507 e. The van der Waals surface area contributed by atoms with Crippen LogP contribution in [0.4, 0.5) is 0 Å². The second-order valence-electron chi connectivity index (χ2n) is 4.06. The molecule has 2 N–H and O–H groups in total. The van der Waals surface area contributed by atoms with Gasteiger partial charge < -0.3 is 5.11 Å². The van der Waals surface area contributed by atoms with Gasteiger partial charge in [-0.15, -0.1) is 0 Å². The van der Waals surface area contributed by atoms with E-state index in [1.165, 1.54) is 12.3 Å². The van der Waals surface area contributed by atoms with E-state index in [2.05, 4.69) is 42.4 Å². The third-order valence-corrected chi connectivity index (χ3v) is 3.63. The summed E-state index contributed by atoms with van der Waals surface area (Å²) in [5.74, 6) is -0.336. The van der Waals surface area contributed by atoms with Gasteiger partial charge in [0.05, 0.1) is 6.21 Å². The fourth-order valence-electron chi connectivity index (χ4n) is 1.54. The highest BCUT2D eigenvalue weighted by atomic mass is 79.9. The van der Waals surface area contributed by atoms with Crippen molar-refractivity contribution < 1.29 is 9.90 Å². The van der Waals surface area contributed by atoms with Gasteiger partial charge in [-0.25, -0.2) is 5.43 Å². The van der Waals surface area contributed by atoms with E-state index in [9.17, 15) is 9.90 Å². The van der Waals surface area contributed by atoms with Crippen LogP contribution in [-0.2, 0) is 0 Å². The lowest BCUT2D eigenvalue weighted by molar-refractivity contribution is 0.0955. The van der Waals surface area contributed by atoms with Crippen LogP contribution >= 0.6 is 43.5 Å². The fourth-order valence-corrected chi connectivity index (χ4v) is 3.01. The van der Waals surface area contributed by atoms with Crippen LogP contribution in [0.15, 0.2) is 50.4 Å². The zero-order chi connectivity index (χ0) is 15.4. The summed E-state index contributed by atoms with van der Waals surface area (Å²) in [7, 11) is 0. The van der Waals surface area contributed by atoms with Gasteiger partial charge in [0, 0.05) is 25.1 Å². The SMILES string of the molecule is O=C(NN=Cc1cc(Cl)ccc1O)c1cc(Br)cc(Br)c1. The van der Waals surface area contributed by atoms with Crippen molar-refractivity contribution in [1.29, 1.82) is 0 Å². The predicted molar refractivity (Wildman–Crippen MR) is 90.0 cm³/mol. The van der Waals surface area contributed by atoms with E-state index >= 15 is 0 Å². The van der Waals surface area contributed by atoms with E-state index in [4.69, 9.17) is 11.6 Å². The number of hydrogen-bond donors (Lipinski definition) is 2. The molecule has 4 nitrogen and oxygen atoms in total. The number of carbonyl (C=O) groups is 1. The minimum Gasteiger partial charge on any atom is -0.507 e. The first-order chi connectivity index (χ1) is 9.95. The lowest BCUT2D eigenvalue weighted by Crippen LogP contribution is -2.17. The molecule has 0 spiro atoms. The molecule has 0 fully saturated rings. The molecule has 108 valence electrons. The molecule has 2 rings (SSSR count). The number of rotatable bonds is 3. The summed E-state index contributed by atoms with van der Waals surface area (Å²) >= 11 is 12.4. The van der Waals surface area contributed by atoms with E-state index in [0.717, 1.165) is 8.95 Å². The topological polar surface area (TPSA) is 61.7 Å². The van der Waals surface area contributed by atoms with Crippen molar-refractivity contribution in [3.05, 3.63) is 61.5 Å². The molecule has 1 amide bonds. The maximum absolute atomic E-state index is 11.9. The Labute approximate surface area is 143 Å². The molecule has 21 heavy (non-hydrogen) atoms. The van der Waals surface area contributed by atoms with Gasteiger partial charge in [0.1, 0.15) is 5.75 Å². The molecule has 2 aromatic rings. The van der Waals surface area contributed by atoms with E-state index in [0.29, 0.717) is 16.1 Å². The monoisotopic (exact) mass is 430 g/mol. The molecular formula is C14H9Br2ClN2O2. The van der Waals surface area contributed by atoms with Crippen LogP contribution in [-0.4, -0.2) is 17.2 Å². The molecule has 0 atom stereocenters. The predicted octanol–water partition coefficient (Wildman–Crippen LogP) is 4.33. The smallest absolute Gasteiger partial charge is 0.271 e. The maximum Gasteiger partial charge on any atom is 0.271 e. The number of nitrogens with zero attached hydrogens (tertiary/aromatic N) is 1. The van der Waals surface area contributed by atoms with Crippen molar-refractivity contribution in [3.63, 3.8) is 0 Å². The highest BCUT2D eigenvalue weighted by Crippen LogP contribution is 2.21. The minimum atomic E-state index is -0.366. The Morgan fingerprint density at radius 1 is 1.19 bits per heavy atom. The van der Waals surface area contributed by atoms with Gasteiger partial charge in [-0.2, -0.15) is 5.10 Å². The van der Waals surface area contributed by atoms with Crippen LogP contribution < -0.4 is 5.43 Å². The van der Waals surface area contributed by atoms with Crippen molar-refractivity contribution in [2.45, 2.75) is 0 Å². The molecule has 0 bridgehead atoms. The molecule has 0 unspecified atom stereocenters. The number of hydrogen-bond acceptors (Lipinski definition) is 3. The van der Waals surface area contributed by atoms with E-state index in [-0.39, 0.29) is 11.7 Å². The Balaban J connectivity index is 2.10. The zero-order valence-electron chi connectivity index (χ0n) is 10.5. The number of halogens is 3. The summed E-state index contributed by atoms with van der Waals surface area (Å²) in [5, 5.41) is 13.9. The molecule has 0 radical (unpaired) electrons. The number of amides is 1. The Bertz CT molecular complexity index is 700. The summed E-state index contributed by atoms with van der Waals surface area (Å²) in [6, 6.07) is 9.73. The number of phenolic OH excluding ortho intramolecular Hbond substituents is 1. The molecule has 0 aromatic heterocycles. The molecule has 2 aromatic carbocycles. The summed E-state index contributed by atoms with van der Waals surface area (Å²) in [6.45, 7) is 0. The van der Waals surface area contributed by atoms with Gasteiger partial charge in [0.2, 0.25) is 0 Å². The molecule has 0 aliphatic rings. The lowest BCUT2D eigenvalue weighted by Gasteiger charge is -2.02. The van der Waals surface area contributed by atoms with Gasteiger partial charge in [0.15, 0.2) is 0 Å². The second kappa shape index (κ2) is 7.06. The van der Waals surface area contributed by atoms with Crippen molar-refractivity contribution in [2.75, 3.05) is 0 Å². The zero-order valence-corrected chi connectivity index (χ0v) is 14.4. The van der Waals surface area contributed by atoms with Gasteiger partial charge in [-0.3, -0.25) is 4.79 Å². The molecular weight excluding hydrogens is 423 g/mol. The van der Waals surface area contributed by atoms with Crippen LogP contribution in [0.3, 0.4) is 0 Å². The Hall–Kier alpha value is -1.37. The third kappa shape index (κ3) is 4.56. The third-order valence-electron chi connectivity index (χ3n) is 2.48. The van der Waals surface area contributed by atoms with E-state index in [1.54, 1.807) is 24.3 Å². The number of aromatic hydroxyl groups is 1. The Morgan fingerprint density at radius 3 is 2.52 bits per heavy atom. The van der Waals surface area contributed by atoms with Crippen LogP contribution in [0.1, 0.15) is 15.9 Å². The van der Waals surface area contributed by atoms with Gasteiger partial charge in [-0.05, 0) is 36.4 Å². The Morgan fingerprint density at radius 2 is 1.86 bits per heavy atom. The summed E-state index contributed by atoms with van der Waals surface area (Å²) in [4.78, 5) is 11.9. The molecule has 0 aliphatic heterocycles. The number of hydrazone groups is 1. The number of carbonyl (C=O) groups excluding carboxylic acids is 1.